The average Bonchev–Trinajstić information content (AvgIpc) is 3.59. The highest BCUT2D eigenvalue weighted by atomic mass is 16.5. The number of nitrogens with one attached hydrogen (secondary N) is 3. The van der Waals surface area contributed by atoms with Gasteiger partial charge in [0.05, 0.1) is 28.8 Å². The van der Waals surface area contributed by atoms with Gasteiger partial charge in [-0.05, 0) is 51.6 Å². The number of amides is 2. The van der Waals surface area contributed by atoms with Crippen LogP contribution in [0.4, 0.5) is 0 Å². The topological polar surface area (TPSA) is 112 Å². The molecule has 4 heterocycles. The summed E-state index contributed by atoms with van der Waals surface area (Å²) in [5.41, 5.74) is 4.51. The molecule has 3 aromatic rings. The number of nitrogens with zero attached hydrogens (tertiary/aromatic N) is 3. The van der Waals surface area contributed by atoms with Crippen molar-refractivity contribution in [1.82, 2.24) is 30.5 Å². The molecule has 0 spiro atoms. The van der Waals surface area contributed by atoms with Crippen LogP contribution in [-0.4, -0.2) is 70.6 Å². The van der Waals surface area contributed by atoms with Gasteiger partial charge in [0.1, 0.15) is 12.4 Å². The summed E-state index contributed by atoms with van der Waals surface area (Å²) in [6, 6.07) is 11.0. The number of ether oxygens (including phenoxy) is 1. The van der Waals surface area contributed by atoms with Gasteiger partial charge in [0.25, 0.3) is 0 Å². The molecule has 5 rings (SSSR count). The maximum absolute atomic E-state index is 14.0. The Bertz CT molecular complexity index is 1210. The average molecular weight is 491 g/mol. The second kappa shape index (κ2) is 10.8. The highest BCUT2D eigenvalue weighted by Gasteiger charge is 2.39. The molecule has 2 fully saturated rings. The van der Waals surface area contributed by atoms with Gasteiger partial charge in [-0.15, -0.1) is 0 Å². The molecule has 0 radical (unpaired) electrons. The van der Waals surface area contributed by atoms with Gasteiger partial charge in [0.15, 0.2) is 0 Å². The van der Waals surface area contributed by atoms with Crippen molar-refractivity contribution in [1.29, 1.82) is 0 Å². The van der Waals surface area contributed by atoms with Crippen molar-refractivity contribution >= 4 is 22.8 Å². The Labute approximate surface area is 211 Å². The van der Waals surface area contributed by atoms with Crippen molar-refractivity contribution in [3.05, 3.63) is 48.4 Å². The predicted molar refractivity (Wildman–Crippen MR) is 137 cm³/mol. The highest BCUT2D eigenvalue weighted by Crippen LogP contribution is 2.36. The largest absolute Gasteiger partial charge is 0.381 e. The fourth-order valence-corrected chi connectivity index (χ4v) is 5.33. The van der Waals surface area contributed by atoms with Crippen LogP contribution in [0.15, 0.2) is 42.7 Å². The molecule has 9 heteroatoms. The number of H-pyrrole nitrogens is 1. The number of likely N-dealkylation sites (N-methyl/N-ethyl adjacent to an activating group) is 1. The maximum Gasteiger partial charge on any atom is 0.246 e. The van der Waals surface area contributed by atoms with Crippen LogP contribution < -0.4 is 10.6 Å². The van der Waals surface area contributed by atoms with Crippen LogP contribution in [0.1, 0.15) is 44.3 Å². The lowest BCUT2D eigenvalue weighted by molar-refractivity contribution is -0.140. The van der Waals surface area contributed by atoms with E-state index in [0.717, 1.165) is 53.7 Å². The SMILES string of the molecule is CN[C@@H](C)C(=O)N[C@H](C(=O)N1CCC[C@H]1c1cc2ncnc(-c3ccccc3)c2[nH]1)C1CCOCC1. The number of hydrogen-bond donors (Lipinski definition) is 3. The lowest BCUT2D eigenvalue weighted by atomic mass is 9.90. The van der Waals surface area contributed by atoms with Gasteiger partial charge in [0, 0.05) is 31.0 Å². The van der Waals surface area contributed by atoms with Crippen molar-refractivity contribution < 1.29 is 14.3 Å². The molecule has 3 N–H and O–H groups in total. The van der Waals surface area contributed by atoms with Crippen molar-refractivity contribution in [3.8, 4) is 11.3 Å². The number of likely N-dealkylation sites (tertiary alicyclic amines) is 1. The van der Waals surface area contributed by atoms with Gasteiger partial charge in [-0.2, -0.15) is 0 Å². The first-order valence-corrected chi connectivity index (χ1v) is 12.8. The first kappa shape index (κ1) is 24.4. The van der Waals surface area contributed by atoms with Crippen LogP contribution in [0.2, 0.25) is 0 Å². The third kappa shape index (κ3) is 4.85. The molecule has 0 bridgehead atoms. The number of hydrogen-bond acceptors (Lipinski definition) is 6. The van der Waals surface area contributed by atoms with E-state index < -0.39 is 6.04 Å². The number of fused-ring (bicyclic) bond motifs is 1. The summed E-state index contributed by atoms with van der Waals surface area (Å²) in [7, 11) is 1.74. The normalized spacial score (nSPS) is 20.4. The molecular formula is C27H34N6O3. The zero-order valence-electron chi connectivity index (χ0n) is 20.9. The summed E-state index contributed by atoms with van der Waals surface area (Å²) in [5.74, 6) is -0.126. The Morgan fingerprint density at radius 3 is 2.67 bits per heavy atom. The number of aromatic amines is 1. The van der Waals surface area contributed by atoms with Gasteiger partial charge in [-0.1, -0.05) is 30.3 Å². The Morgan fingerprint density at radius 1 is 1.14 bits per heavy atom. The molecule has 0 aliphatic carbocycles. The van der Waals surface area contributed by atoms with Crippen LogP contribution in [-0.2, 0) is 14.3 Å². The van der Waals surface area contributed by atoms with Crippen LogP contribution in [0.5, 0.6) is 0 Å². The van der Waals surface area contributed by atoms with E-state index in [1.54, 1.807) is 20.3 Å². The summed E-state index contributed by atoms with van der Waals surface area (Å²) in [6.07, 6.45) is 4.86. The van der Waals surface area contributed by atoms with Crippen LogP contribution >= 0.6 is 0 Å². The predicted octanol–water partition coefficient (Wildman–Crippen LogP) is 2.81. The third-order valence-corrected chi connectivity index (χ3v) is 7.51. The van der Waals surface area contributed by atoms with Gasteiger partial charge in [-0.3, -0.25) is 9.59 Å². The molecule has 2 aliphatic heterocycles. The van der Waals surface area contributed by atoms with Crippen molar-refractivity contribution in [2.45, 2.75) is 50.7 Å². The fourth-order valence-electron chi connectivity index (χ4n) is 5.33. The first-order chi connectivity index (χ1) is 17.6. The molecule has 2 saturated heterocycles. The Balaban J connectivity index is 1.44. The Kier molecular flexibility index (Phi) is 7.29. The first-order valence-electron chi connectivity index (χ1n) is 12.8. The number of benzene rings is 1. The van der Waals surface area contributed by atoms with Crippen LogP contribution in [0.25, 0.3) is 22.3 Å². The van der Waals surface area contributed by atoms with E-state index in [1.807, 2.05) is 41.3 Å². The minimum atomic E-state index is -0.568. The van der Waals surface area contributed by atoms with E-state index in [9.17, 15) is 9.59 Å². The maximum atomic E-state index is 14.0. The minimum Gasteiger partial charge on any atom is -0.381 e. The fraction of sp³-hybridized carbons (Fsp3) is 0.481. The van der Waals surface area contributed by atoms with Gasteiger partial charge < -0.3 is 25.3 Å². The minimum absolute atomic E-state index is 0.0194. The molecule has 9 nitrogen and oxygen atoms in total. The smallest absolute Gasteiger partial charge is 0.246 e. The monoisotopic (exact) mass is 490 g/mol. The third-order valence-electron chi connectivity index (χ3n) is 7.51. The van der Waals surface area contributed by atoms with Gasteiger partial charge >= 0.3 is 0 Å². The number of carbonyl (C=O) groups excluding carboxylic acids is 2. The van der Waals surface area contributed by atoms with E-state index in [2.05, 4.69) is 25.6 Å². The molecule has 3 atom stereocenters. The lowest BCUT2D eigenvalue weighted by Crippen LogP contribution is -2.56. The Hall–Kier alpha value is -3.30. The molecule has 0 unspecified atom stereocenters. The van der Waals surface area contributed by atoms with E-state index in [0.29, 0.717) is 19.8 Å². The van der Waals surface area contributed by atoms with Crippen molar-refractivity contribution in [2.24, 2.45) is 5.92 Å². The molecule has 190 valence electrons. The van der Waals surface area contributed by atoms with E-state index >= 15 is 0 Å². The van der Waals surface area contributed by atoms with Gasteiger partial charge in [-0.25, -0.2) is 9.97 Å². The standard InChI is InChI=1S/C27H34N6O3/c1-17(28-2)26(34)32-24(19-10-13-36-14-11-19)27(35)33-12-6-9-22(33)20-15-21-25(31-20)23(30-16-29-21)18-7-4-3-5-8-18/h3-5,7-8,15-17,19,22,24,28,31H,6,9-14H2,1-2H3,(H,32,34)/t17-,22-,24-/m0/s1. The van der Waals surface area contributed by atoms with E-state index in [1.165, 1.54) is 0 Å². The quantitative estimate of drug-likeness (QED) is 0.470. The summed E-state index contributed by atoms with van der Waals surface area (Å²) in [6.45, 7) is 3.68. The van der Waals surface area contributed by atoms with E-state index in [-0.39, 0.29) is 29.8 Å². The highest BCUT2D eigenvalue weighted by molar-refractivity contribution is 5.91. The lowest BCUT2D eigenvalue weighted by Gasteiger charge is -2.35. The number of carbonyl (C=O) groups is 2. The van der Waals surface area contributed by atoms with Crippen LogP contribution in [0, 0.1) is 5.92 Å². The summed E-state index contributed by atoms with van der Waals surface area (Å²) in [4.78, 5) is 41.3. The van der Waals surface area contributed by atoms with Crippen LogP contribution in [0.3, 0.4) is 0 Å². The summed E-state index contributed by atoms with van der Waals surface area (Å²) < 4.78 is 5.53. The molecule has 2 amide bonds. The second-order valence-corrected chi connectivity index (χ2v) is 9.71. The zero-order valence-corrected chi connectivity index (χ0v) is 20.9. The van der Waals surface area contributed by atoms with Crippen molar-refractivity contribution in [3.63, 3.8) is 0 Å². The molecule has 36 heavy (non-hydrogen) atoms. The van der Waals surface area contributed by atoms with Gasteiger partial charge in [0.2, 0.25) is 11.8 Å². The Morgan fingerprint density at radius 2 is 1.92 bits per heavy atom. The van der Waals surface area contributed by atoms with Crippen molar-refractivity contribution in [2.75, 3.05) is 26.8 Å². The second-order valence-electron chi connectivity index (χ2n) is 9.71. The molecule has 2 aliphatic rings. The number of aromatic nitrogens is 3. The number of rotatable bonds is 7. The molecule has 2 aromatic heterocycles. The molecule has 1 aromatic carbocycles. The summed E-state index contributed by atoms with van der Waals surface area (Å²) in [5, 5.41) is 6.03. The summed E-state index contributed by atoms with van der Waals surface area (Å²) >= 11 is 0. The zero-order chi connectivity index (χ0) is 25.1. The molecule has 0 saturated carbocycles. The van der Waals surface area contributed by atoms with E-state index in [4.69, 9.17) is 4.74 Å². The molecular weight excluding hydrogens is 456 g/mol.